The minimum atomic E-state index is -0.813. The van der Waals surface area contributed by atoms with Gasteiger partial charge in [0.1, 0.15) is 5.75 Å². The van der Waals surface area contributed by atoms with E-state index in [1.54, 1.807) is 23.1 Å². The summed E-state index contributed by atoms with van der Waals surface area (Å²) in [4.78, 5) is 28.9. The first-order valence-corrected chi connectivity index (χ1v) is 13.5. The van der Waals surface area contributed by atoms with Crippen molar-refractivity contribution in [2.75, 3.05) is 20.3 Å². The number of benzene rings is 3. The van der Waals surface area contributed by atoms with Crippen LogP contribution in [0.3, 0.4) is 0 Å². The van der Waals surface area contributed by atoms with Crippen molar-refractivity contribution in [3.63, 3.8) is 0 Å². The van der Waals surface area contributed by atoms with E-state index >= 15 is 0 Å². The molecule has 2 heterocycles. The fourth-order valence-corrected chi connectivity index (χ4v) is 4.99. The highest BCUT2D eigenvalue weighted by molar-refractivity contribution is 6.16. The van der Waals surface area contributed by atoms with Crippen LogP contribution in [0.1, 0.15) is 48.0 Å². The molecule has 3 aromatic carbocycles. The molecule has 0 spiro atoms. The molecule has 40 heavy (non-hydrogen) atoms. The van der Waals surface area contributed by atoms with Crippen molar-refractivity contribution < 1.29 is 28.6 Å². The average molecular weight is 540 g/mol. The maximum absolute atomic E-state index is 13.9. The number of methoxy groups -OCH3 is 1. The maximum atomic E-state index is 13.9. The maximum Gasteiger partial charge on any atom is 0.290 e. The zero-order chi connectivity index (χ0) is 28.2. The van der Waals surface area contributed by atoms with Gasteiger partial charge in [0.05, 0.1) is 25.3 Å². The molecule has 7 heteroatoms. The molecular weight excluding hydrogens is 506 g/mol. The van der Waals surface area contributed by atoms with E-state index < -0.39 is 23.5 Å². The Kier molecular flexibility index (Phi) is 7.91. The highest BCUT2D eigenvalue weighted by Gasteiger charge is 2.44. The SMILES string of the molecule is COc1cccc2cc(C(=O)C3=C(O)C(=O)N(CCc4ccccc4)C3c3cccc(OCCC(C)C)c3)oc12. The zero-order valence-corrected chi connectivity index (χ0v) is 22.9. The number of carbonyl (C=O) groups excluding carboxylic acids is 2. The Morgan fingerprint density at radius 2 is 1.80 bits per heavy atom. The van der Waals surface area contributed by atoms with E-state index in [4.69, 9.17) is 13.9 Å². The molecule has 5 rings (SSSR count). The Morgan fingerprint density at radius 1 is 1.02 bits per heavy atom. The summed E-state index contributed by atoms with van der Waals surface area (Å²) in [6.45, 7) is 5.12. The average Bonchev–Trinajstić information content (AvgIpc) is 3.51. The van der Waals surface area contributed by atoms with Crippen LogP contribution in [0.15, 0.2) is 94.6 Å². The number of aliphatic hydroxyl groups is 1. The number of aliphatic hydroxyl groups excluding tert-OH is 1. The fourth-order valence-electron chi connectivity index (χ4n) is 4.99. The Morgan fingerprint density at radius 3 is 2.55 bits per heavy atom. The number of ketones is 1. The Balaban J connectivity index is 1.52. The molecule has 1 atom stereocenters. The number of Topliss-reactive ketones (excluding diaryl/α,β-unsaturated/α-hetero) is 1. The van der Waals surface area contributed by atoms with Gasteiger partial charge in [-0.25, -0.2) is 0 Å². The lowest BCUT2D eigenvalue weighted by Gasteiger charge is -2.27. The third kappa shape index (κ3) is 5.45. The normalized spacial score (nSPS) is 15.3. The van der Waals surface area contributed by atoms with Crippen LogP contribution in [0.25, 0.3) is 11.0 Å². The predicted molar refractivity (Wildman–Crippen MR) is 153 cm³/mol. The minimum Gasteiger partial charge on any atom is -0.503 e. The predicted octanol–water partition coefficient (Wildman–Crippen LogP) is 6.69. The summed E-state index contributed by atoms with van der Waals surface area (Å²) < 4.78 is 17.3. The van der Waals surface area contributed by atoms with Crippen LogP contribution in [0, 0.1) is 5.92 Å². The van der Waals surface area contributed by atoms with Crippen molar-refractivity contribution in [3.05, 3.63) is 107 Å². The van der Waals surface area contributed by atoms with Gasteiger partial charge in [0.25, 0.3) is 5.91 Å². The van der Waals surface area contributed by atoms with Gasteiger partial charge in [-0.3, -0.25) is 9.59 Å². The molecule has 1 amide bonds. The second-order valence-electron chi connectivity index (χ2n) is 10.3. The highest BCUT2D eigenvalue weighted by atomic mass is 16.5. The molecule has 0 saturated heterocycles. The summed E-state index contributed by atoms with van der Waals surface area (Å²) in [5, 5.41) is 11.8. The molecule has 0 fully saturated rings. The van der Waals surface area contributed by atoms with Gasteiger partial charge in [-0.15, -0.1) is 0 Å². The third-order valence-electron chi connectivity index (χ3n) is 7.12. The second-order valence-corrected chi connectivity index (χ2v) is 10.3. The quantitative estimate of drug-likeness (QED) is 0.214. The van der Waals surface area contributed by atoms with Gasteiger partial charge in [0, 0.05) is 11.9 Å². The molecule has 1 N–H and O–H groups in total. The first kappa shape index (κ1) is 27.1. The minimum absolute atomic E-state index is 0.0181. The number of furan rings is 1. The van der Waals surface area contributed by atoms with Crippen LogP contribution < -0.4 is 9.47 Å². The van der Waals surface area contributed by atoms with Gasteiger partial charge in [-0.2, -0.15) is 0 Å². The van der Waals surface area contributed by atoms with Crippen LogP contribution in [-0.2, 0) is 11.2 Å². The van der Waals surface area contributed by atoms with Gasteiger partial charge in [-0.1, -0.05) is 68.4 Å². The second kappa shape index (κ2) is 11.7. The van der Waals surface area contributed by atoms with Gasteiger partial charge in [0.2, 0.25) is 5.78 Å². The summed E-state index contributed by atoms with van der Waals surface area (Å²) in [6.07, 6.45) is 1.46. The van der Waals surface area contributed by atoms with E-state index in [1.165, 1.54) is 7.11 Å². The van der Waals surface area contributed by atoms with Crippen molar-refractivity contribution in [1.82, 2.24) is 4.90 Å². The number of fused-ring (bicyclic) bond motifs is 1. The molecule has 1 aliphatic rings. The molecule has 1 aliphatic heterocycles. The summed E-state index contributed by atoms with van der Waals surface area (Å²) in [5.41, 5.74) is 2.12. The smallest absolute Gasteiger partial charge is 0.290 e. The lowest BCUT2D eigenvalue weighted by Crippen LogP contribution is -2.33. The molecule has 0 bridgehead atoms. The van der Waals surface area contributed by atoms with Crippen molar-refractivity contribution in [2.24, 2.45) is 5.92 Å². The molecule has 0 aliphatic carbocycles. The summed E-state index contributed by atoms with van der Waals surface area (Å²) in [7, 11) is 1.53. The van der Waals surface area contributed by atoms with Crippen LogP contribution in [0.5, 0.6) is 11.5 Å². The van der Waals surface area contributed by atoms with Crippen LogP contribution in [0.4, 0.5) is 0 Å². The number of amides is 1. The van der Waals surface area contributed by atoms with Gasteiger partial charge >= 0.3 is 0 Å². The van der Waals surface area contributed by atoms with Gasteiger partial charge < -0.3 is 23.9 Å². The monoisotopic (exact) mass is 539 g/mol. The molecular formula is C33H33NO6. The molecule has 206 valence electrons. The number of para-hydroxylation sites is 1. The lowest BCUT2D eigenvalue weighted by molar-refractivity contribution is -0.129. The Hall–Kier alpha value is -4.52. The number of carbonyl (C=O) groups is 2. The van der Waals surface area contributed by atoms with Crippen LogP contribution >= 0.6 is 0 Å². The van der Waals surface area contributed by atoms with Crippen LogP contribution in [-0.4, -0.2) is 42.0 Å². The number of hydrogen-bond donors (Lipinski definition) is 1. The molecule has 7 nitrogen and oxygen atoms in total. The standard InChI is InChI=1S/C33H33NO6/c1-21(2)16-18-39-25-13-7-11-23(19-25)29-28(30(35)27-20-24-12-8-14-26(38-3)32(24)40-27)31(36)33(37)34(29)17-15-22-9-5-4-6-10-22/h4-14,19-21,29,36H,15-18H2,1-3H3. The highest BCUT2D eigenvalue weighted by Crippen LogP contribution is 2.41. The number of ether oxygens (including phenoxy) is 2. The molecule has 4 aromatic rings. The summed E-state index contributed by atoms with van der Waals surface area (Å²) in [6, 6.07) is 23.3. The topological polar surface area (TPSA) is 89.2 Å². The van der Waals surface area contributed by atoms with E-state index in [1.807, 2.05) is 60.7 Å². The number of rotatable bonds is 11. The van der Waals surface area contributed by atoms with E-state index in [9.17, 15) is 14.7 Å². The van der Waals surface area contributed by atoms with Gasteiger partial charge in [0.15, 0.2) is 22.9 Å². The molecule has 0 saturated carbocycles. The Labute approximate surface area is 233 Å². The van der Waals surface area contributed by atoms with E-state index in [0.29, 0.717) is 53.5 Å². The first-order chi connectivity index (χ1) is 19.4. The fraction of sp³-hybridized carbons (Fsp3) is 0.273. The zero-order valence-electron chi connectivity index (χ0n) is 22.9. The van der Waals surface area contributed by atoms with Crippen molar-refractivity contribution in [3.8, 4) is 11.5 Å². The lowest BCUT2D eigenvalue weighted by atomic mass is 9.94. The van der Waals surface area contributed by atoms with E-state index in [0.717, 1.165) is 12.0 Å². The van der Waals surface area contributed by atoms with Crippen molar-refractivity contribution in [1.29, 1.82) is 0 Å². The molecule has 1 aromatic heterocycles. The van der Waals surface area contributed by atoms with E-state index in [-0.39, 0.29) is 11.3 Å². The van der Waals surface area contributed by atoms with E-state index in [2.05, 4.69) is 13.8 Å². The summed E-state index contributed by atoms with van der Waals surface area (Å²) >= 11 is 0. The van der Waals surface area contributed by atoms with Crippen LogP contribution in [0.2, 0.25) is 0 Å². The molecule has 0 radical (unpaired) electrons. The third-order valence-corrected chi connectivity index (χ3v) is 7.12. The van der Waals surface area contributed by atoms with Crippen molar-refractivity contribution in [2.45, 2.75) is 32.7 Å². The number of nitrogens with zero attached hydrogens (tertiary/aromatic N) is 1. The largest absolute Gasteiger partial charge is 0.503 e. The number of hydrogen-bond acceptors (Lipinski definition) is 6. The summed E-state index contributed by atoms with van der Waals surface area (Å²) in [5.74, 6) is -0.0679. The Bertz CT molecular complexity index is 1550. The van der Waals surface area contributed by atoms with Gasteiger partial charge in [-0.05, 0) is 54.2 Å². The van der Waals surface area contributed by atoms with Crippen molar-refractivity contribution >= 4 is 22.7 Å². The molecule has 1 unspecified atom stereocenters. The first-order valence-electron chi connectivity index (χ1n) is 13.5.